The van der Waals surface area contributed by atoms with Gasteiger partial charge in [0, 0.05) is 53.9 Å². The Bertz CT molecular complexity index is 1150. The minimum Gasteiger partial charge on any atom is -0.482 e. The fraction of sp³-hybridized carbons (Fsp3) is 0.478. The van der Waals surface area contributed by atoms with Crippen LogP contribution in [-0.2, 0) is 6.54 Å². The molecule has 2 fully saturated rings. The molecule has 10 heteroatoms. The molecule has 1 aliphatic carbocycles. The smallest absolute Gasteiger partial charge is 0.242 e. The van der Waals surface area contributed by atoms with Crippen molar-refractivity contribution in [1.29, 1.82) is 0 Å². The summed E-state index contributed by atoms with van der Waals surface area (Å²) >= 11 is 12.2. The Hall–Kier alpha value is -2.58. The fourth-order valence-corrected chi connectivity index (χ4v) is 5.97. The van der Waals surface area contributed by atoms with E-state index < -0.39 is 0 Å². The van der Waals surface area contributed by atoms with Crippen molar-refractivity contribution in [1.82, 2.24) is 24.7 Å². The van der Waals surface area contributed by atoms with Crippen LogP contribution in [0.4, 0.5) is 11.8 Å². The van der Waals surface area contributed by atoms with E-state index in [0.717, 1.165) is 43.4 Å². The number of benzene rings is 1. The first-order valence-corrected chi connectivity index (χ1v) is 12.1. The van der Waals surface area contributed by atoms with Crippen LogP contribution in [0, 0.1) is 18.8 Å². The average Bonchev–Trinajstić information content (AvgIpc) is 3.39. The third-order valence-corrected chi connectivity index (χ3v) is 7.39. The molecule has 8 nitrogen and oxygen atoms in total. The van der Waals surface area contributed by atoms with Crippen molar-refractivity contribution in [2.75, 3.05) is 23.3 Å². The van der Waals surface area contributed by atoms with Crippen LogP contribution in [0.3, 0.4) is 0 Å². The molecular weight excluding hydrogens is 461 g/mol. The van der Waals surface area contributed by atoms with E-state index in [4.69, 9.17) is 38.0 Å². The molecule has 2 aromatic heterocycles. The van der Waals surface area contributed by atoms with Crippen molar-refractivity contribution in [2.45, 2.75) is 44.9 Å². The summed E-state index contributed by atoms with van der Waals surface area (Å²) in [6, 6.07) is 7.69. The second-order valence-corrected chi connectivity index (χ2v) is 10.1. The Balaban J connectivity index is 1.15. The van der Waals surface area contributed by atoms with Gasteiger partial charge in [-0.3, -0.25) is 0 Å². The van der Waals surface area contributed by atoms with Gasteiger partial charge >= 0.3 is 0 Å². The number of anilines is 2. The van der Waals surface area contributed by atoms with Crippen LogP contribution in [0.25, 0.3) is 0 Å². The maximum atomic E-state index is 6.16. The molecule has 3 aliphatic rings. The van der Waals surface area contributed by atoms with Crippen molar-refractivity contribution in [3.63, 3.8) is 0 Å². The number of ether oxygens (including phenoxy) is 1. The topological polar surface area (TPSA) is 81.0 Å². The zero-order chi connectivity index (χ0) is 22.5. The first kappa shape index (κ1) is 21.0. The number of hydrogen-bond donors (Lipinski definition) is 1. The first-order valence-electron chi connectivity index (χ1n) is 11.4. The Labute approximate surface area is 202 Å². The number of nitrogens with zero attached hydrogens (tertiary/aromatic N) is 6. The van der Waals surface area contributed by atoms with Crippen LogP contribution >= 0.6 is 23.2 Å². The van der Waals surface area contributed by atoms with Crippen LogP contribution in [0.5, 0.6) is 5.75 Å². The lowest BCUT2D eigenvalue weighted by Gasteiger charge is -2.38. The van der Waals surface area contributed by atoms with Gasteiger partial charge in [0.05, 0.1) is 0 Å². The van der Waals surface area contributed by atoms with Gasteiger partial charge in [0.1, 0.15) is 17.9 Å². The summed E-state index contributed by atoms with van der Waals surface area (Å²) in [6.07, 6.45) is 4.72. The molecule has 2 aliphatic heterocycles. The third-order valence-electron chi connectivity index (χ3n) is 6.95. The van der Waals surface area contributed by atoms with Gasteiger partial charge in [0.25, 0.3) is 0 Å². The average molecular weight is 486 g/mol. The largest absolute Gasteiger partial charge is 0.482 e. The van der Waals surface area contributed by atoms with E-state index in [9.17, 15) is 0 Å². The van der Waals surface area contributed by atoms with Gasteiger partial charge in [-0.1, -0.05) is 23.2 Å². The highest BCUT2D eigenvalue weighted by Crippen LogP contribution is 2.40. The number of fused-ring (bicyclic) bond motifs is 3. The van der Waals surface area contributed by atoms with Crippen molar-refractivity contribution in [3.8, 4) is 5.75 Å². The van der Waals surface area contributed by atoms with E-state index in [1.807, 2.05) is 11.6 Å². The minimum atomic E-state index is -0.165. The molecule has 1 saturated heterocycles. The van der Waals surface area contributed by atoms with Gasteiger partial charge in [0.15, 0.2) is 11.9 Å². The summed E-state index contributed by atoms with van der Waals surface area (Å²) in [7, 11) is 0. The number of rotatable bonds is 5. The summed E-state index contributed by atoms with van der Waals surface area (Å²) in [4.78, 5) is 15.9. The van der Waals surface area contributed by atoms with Gasteiger partial charge in [-0.05, 0) is 49.8 Å². The zero-order valence-corrected chi connectivity index (χ0v) is 19.8. The second-order valence-electron chi connectivity index (χ2n) is 9.21. The first-order chi connectivity index (χ1) is 16.0. The lowest BCUT2D eigenvalue weighted by atomic mass is 9.92. The van der Waals surface area contributed by atoms with Crippen LogP contribution in [0.2, 0.25) is 10.0 Å². The normalized spacial score (nSPS) is 25.8. The van der Waals surface area contributed by atoms with Gasteiger partial charge in [0.2, 0.25) is 5.95 Å². The minimum absolute atomic E-state index is 0.165. The van der Waals surface area contributed by atoms with E-state index >= 15 is 0 Å². The maximum absolute atomic E-state index is 6.16. The van der Waals surface area contributed by atoms with Crippen molar-refractivity contribution < 1.29 is 4.74 Å². The Morgan fingerprint density at radius 1 is 1.00 bits per heavy atom. The molecule has 172 valence electrons. The predicted molar refractivity (Wildman–Crippen MR) is 127 cm³/mol. The molecule has 33 heavy (non-hydrogen) atoms. The molecule has 0 radical (unpaired) electrons. The monoisotopic (exact) mass is 485 g/mol. The SMILES string of the molecule is Cc1cc(N2C[C@H]3CC[C@@H](C2)C3Nc2nc3n(n2)CC[C@H]3Oc2cc(Cl)cc(Cl)c2)ncn1. The second kappa shape index (κ2) is 8.33. The molecule has 1 unspecified atom stereocenters. The van der Waals surface area contributed by atoms with Crippen LogP contribution < -0.4 is 15.0 Å². The maximum Gasteiger partial charge on any atom is 0.242 e. The standard InChI is InChI=1S/C23H25Cl2N7O/c1-13-6-20(27-12-26-13)31-10-14-2-3-15(11-31)21(14)28-23-29-22-19(4-5-32(22)30-23)33-18-8-16(24)7-17(25)9-18/h6-9,12,14-15,19,21H,2-5,10-11H2,1H3,(H,28,30)/t14-,15+,19-,21?/m1/s1. The fourth-order valence-electron chi connectivity index (χ4n) is 5.47. The highest BCUT2D eigenvalue weighted by Gasteiger charge is 2.43. The molecule has 6 rings (SSSR count). The number of piperidine rings is 1. The number of halogens is 2. The van der Waals surface area contributed by atoms with Crippen LogP contribution in [0.15, 0.2) is 30.6 Å². The molecule has 0 spiro atoms. The summed E-state index contributed by atoms with van der Waals surface area (Å²) in [5.41, 5.74) is 1.00. The number of aromatic nitrogens is 5. The summed E-state index contributed by atoms with van der Waals surface area (Å²) in [5.74, 6) is 4.29. The number of aryl methyl sites for hydroxylation is 2. The van der Waals surface area contributed by atoms with Gasteiger partial charge in [-0.15, -0.1) is 5.10 Å². The summed E-state index contributed by atoms with van der Waals surface area (Å²) in [5, 5.41) is 9.49. The van der Waals surface area contributed by atoms with Crippen molar-refractivity contribution >= 4 is 35.0 Å². The highest BCUT2D eigenvalue weighted by molar-refractivity contribution is 6.34. The van der Waals surface area contributed by atoms with E-state index in [2.05, 4.69) is 26.3 Å². The van der Waals surface area contributed by atoms with E-state index in [-0.39, 0.29) is 6.10 Å². The van der Waals surface area contributed by atoms with Gasteiger partial charge < -0.3 is 15.0 Å². The number of nitrogens with one attached hydrogen (secondary N) is 1. The Kier molecular flexibility index (Phi) is 5.30. The Morgan fingerprint density at radius 2 is 1.76 bits per heavy atom. The molecule has 2 bridgehead atoms. The Morgan fingerprint density at radius 3 is 2.48 bits per heavy atom. The van der Waals surface area contributed by atoms with Crippen molar-refractivity contribution in [2.24, 2.45) is 11.8 Å². The van der Waals surface area contributed by atoms with Gasteiger partial charge in [-0.2, -0.15) is 4.98 Å². The van der Waals surface area contributed by atoms with Crippen molar-refractivity contribution in [3.05, 3.63) is 52.2 Å². The molecule has 1 aromatic carbocycles. The summed E-state index contributed by atoms with van der Waals surface area (Å²) < 4.78 is 8.10. The zero-order valence-electron chi connectivity index (χ0n) is 18.3. The number of hydrogen-bond acceptors (Lipinski definition) is 7. The van der Waals surface area contributed by atoms with E-state index in [0.29, 0.717) is 39.6 Å². The lowest BCUT2D eigenvalue weighted by molar-refractivity contribution is 0.203. The van der Waals surface area contributed by atoms with Gasteiger partial charge in [-0.25, -0.2) is 14.6 Å². The lowest BCUT2D eigenvalue weighted by Crippen LogP contribution is -2.48. The quantitative estimate of drug-likeness (QED) is 0.568. The molecule has 0 amide bonds. The van der Waals surface area contributed by atoms with E-state index in [1.54, 1.807) is 24.5 Å². The van der Waals surface area contributed by atoms with Crippen LogP contribution in [0.1, 0.15) is 36.9 Å². The predicted octanol–water partition coefficient (Wildman–Crippen LogP) is 4.53. The molecular formula is C23H25Cl2N7O. The summed E-state index contributed by atoms with van der Waals surface area (Å²) in [6.45, 7) is 4.76. The molecule has 1 N–H and O–H groups in total. The molecule has 4 atom stereocenters. The molecule has 3 aromatic rings. The van der Waals surface area contributed by atoms with Crippen LogP contribution in [-0.4, -0.2) is 43.9 Å². The highest BCUT2D eigenvalue weighted by atomic mass is 35.5. The molecule has 1 saturated carbocycles. The third kappa shape index (κ3) is 4.10. The van der Waals surface area contributed by atoms with E-state index in [1.165, 1.54) is 12.8 Å². The molecule has 4 heterocycles.